The number of rotatable bonds is 2. The van der Waals surface area contributed by atoms with Crippen molar-refractivity contribution in [3.05, 3.63) is 47.5 Å². The van der Waals surface area contributed by atoms with Gasteiger partial charge in [-0.1, -0.05) is 12.1 Å². The average molecular weight is 242 g/mol. The van der Waals surface area contributed by atoms with Crippen LogP contribution in [0.1, 0.15) is 11.1 Å². The second-order valence-electron chi connectivity index (χ2n) is 4.18. The molecule has 2 aromatic carbocycles. The third-order valence-corrected chi connectivity index (χ3v) is 2.53. The fraction of sp³-hybridized carbons (Fsp3) is 0.143. The third kappa shape index (κ3) is 2.66. The van der Waals surface area contributed by atoms with Crippen molar-refractivity contribution >= 4 is 11.4 Å². The van der Waals surface area contributed by atoms with Gasteiger partial charge >= 0.3 is 0 Å². The van der Waals surface area contributed by atoms with Gasteiger partial charge in [-0.3, -0.25) is 0 Å². The minimum atomic E-state index is 0.0662. The molecule has 0 aliphatic carbocycles. The number of azo groups is 1. The summed E-state index contributed by atoms with van der Waals surface area (Å²) >= 11 is 0. The van der Waals surface area contributed by atoms with Crippen LogP contribution in [0.15, 0.2) is 46.6 Å². The van der Waals surface area contributed by atoms with E-state index in [-0.39, 0.29) is 11.5 Å². The number of aromatic hydroxyl groups is 2. The second kappa shape index (κ2) is 4.87. The predicted molar refractivity (Wildman–Crippen MR) is 69.9 cm³/mol. The van der Waals surface area contributed by atoms with Gasteiger partial charge in [0.2, 0.25) is 0 Å². The van der Waals surface area contributed by atoms with Gasteiger partial charge in [-0.2, -0.15) is 0 Å². The molecule has 0 unspecified atom stereocenters. The van der Waals surface area contributed by atoms with E-state index in [4.69, 9.17) is 0 Å². The van der Waals surface area contributed by atoms with E-state index in [1.54, 1.807) is 36.4 Å². The molecular weight excluding hydrogens is 228 g/mol. The number of phenolic OH excluding ortho intramolecular Hbond substituents is 2. The van der Waals surface area contributed by atoms with Crippen LogP contribution in [-0.4, -0.2) is 10.2 Å². The highest BCUT2D eigenvalue weighted by atomic mass is 16.3. The van der Waals surface area contributed by atoms with E-state index in [0.29, 0.717) is 11.4 Å². The first-order chi connectivity index (χ1) is 8.56. The van der Waals surface area contributed by atoms with Crippen molar-refractivity contribution in [3.8, 4) is 11.5 Å². The van der Waals surface area contributed by atoms with Gasteiger partial charge < -0.3 is 10.2 Å². The van der Waals surface area contributed by atoms with Gasteiger partial charge in [-0.05, 0) is 49.2 Å². The summed E-state index contributed by atoms with van der Waals surface area (Å²) in [5.74, 6) is 0.132. The van der Waals surface area contributed by atoms with Crippen LogP contribution in [0.4, 0.5) is 11.4 Å². The van der Waals surface area contributed by atoms with E-state index in [2.05, 4.69) is 10.2 Å². The topological polar surface area (TPSA) is 65.2 Å². The molecule has 0 amide bonds. The Hall–Kier alpha value is -2.36. The first-order valence-corrected chi connectivity index (χ1v) is 5.57. The van der Waals surface area contributed by atoms with Gasteiger partial charge in [0.15, 0.2) is 0 Å². The maximum absolute atomic E-state index is 9.62. The monoisotopic (exact) mass is 242 g/mol. The molecule has 18 heavy (non-hydrogen) atoms. The molecule has 4 nitrogen and oxygen atoms in total. The van der Waals surface area contributed by atoms with E-state index in [9.17, 15) is 10.2 Å². The zero-order valence-corrected chi connectivity index (χ0v) is 10.3. The number of benzene rings is 2. The maximum atomic E-state index is 9.62. The first-order valence-electron chi connectivity index (χ1n) is 5.57. The molecule has 2 N–H and O–H groups in total. The standard InChI is InChI=1S/C14H14N2O2/c1-9-3-5-13(17)11(7-9)15-16-12-8-10(2)4-6-14(12)18/h3-8,17-18H,1-2H3/b16-15+. The number of hydrogen-bond donors (Lipinski definition) is 2. The van der Waals surface area contributed by atoms with Crippen LogP contribution < -0.4 is 0 Å². The quantitative estimate of drug-likeness (QED) is 0.777. The van der Waals surface area contributed by atoms with Crippen LogP contribution in [0.3, 0.4) is 0 Å². The average Bonchev–Trinajstić information content (AvgIpc) is 2.34. The molecule has 0 aromatic heterocycles. The van der Waals surface area contributed by atoms with Crippen LogP contribution in [0.25, 0.3) is 0 Å². The minimum Gasteiger partial charge on any atom is -0.506 e. The molecule has 92 valence electrons. The Labute approximate surface area is 105 Å². The smallest absolute Gasteiger partial charge is 0.143 e. The summed E-state index contributed by atoms with van der Waals surface area (Å²) in [6.45, 7) is 3.81. The summed E-state index contributed by atoms with van der Waals surface area (Å²) in [5, 5.41) is 27.1. The van der Waals surface area contributed by atoms with Gasteiger partial charge in [0.25, 0.3) is 0 Å². The molecule has 0 radical (unpaired) electrons. The molecule has 0 saturated carbocycles. The zero-order valence-electron chi connectivity index (χ0n) is 10.3. The normalized spacial score (nSPS) is 11.0. The molecule has 4 heteroatoms. The van der Waals surface area contributed by atoms with E-state index in [1.807, 2.05) is 13.8 Å². The Bertz CT molecular complexity index is 553. The molecule has 0 fully saturated rings. The van der Waals surface area contributed by atoms with Crippen LogP contribution in [0, 0.1) is 13.8 Å². The molecule has 0 saturated heterocycles. The fourth-order valence-electron chi connectivity index (χ4n) is 1.53. The summed E-state index contributed by atoms with van der Waals surface area (Å²) in [6, 6.07) is 10.2. The number of nitrogens with zero attached hydrogens (tertiary/aromatic N) is 2. The molecule has 0 bridgehead atoms. The van der Waals surface area contributed by atoms with Crippen LogP contribution in [-0.2, 0) is 0 Å². The van der Waals surface area contributed by atoms with Gasteiger partial charge in [0.1, 0.15) is 22.9 Å². The predicted octanol–water partition coefficient (Wildman–Crippen LogP) is 4.13. The van der Waals surface area contributed by atoms with Gasteiger partial charge in [0.05, 0.1) is 0 Å². The highest BCUT2D eigenvalue weighted by Crippen LogP contribution is 2.32. The lowest BCUT2D eigenvalue weighted by Gasteiger charge is -2.01. The summed E-state index contributed by atoms with van der Waals surface area (Å²) < 4.78 is 0. The number of hydrogen-bond acceptors (Lipinski definition) is 4. The molecule has 0 spiro atoms. The van der Waals surface area contributed by atoms with Gasteiger partial charge in [-0.25, -0.2) is 0 Å². The SMILES string of the molecule is Cc1ccc(O)c(/N=N/c2cc(C)ccc2O)c1. The lowest BCUT2D eigenvalue weighted by Crippen LogP contribution is -1.74. The van der Waals surface area contributed by atoms with Crippen LogP contribution in [0.2, 0.25) is 0 Å². The van der Waals surface area contributed by atoms with E-state index < -0.39 is 0 Å². The Morgan fingerprint density at radius 3 is 1.50 bits per heavy atom. The van der Waals surface area contributed by atoms with E-state index in [0.717, 1.165) is 11.1 Å². The molecule has 2 aromatic rings. The molecular formula is C14H14N2O2. The lowest BCUT2D eigenvalue weighted by molar-refractivity contribution is 0.473. The minimum absolute atomic E-state index is 0.0662. The Morgan fingerprint density at radius 2 is 1.11 bits per heavy atom. The van der Waals surface area contributed by atoms with Crippen molar-refractivity contribution in [1.29, 1.82) is 0 Å². The van der Waals surface area contributed by atoms with Crippen molar-refractivity contribution in [1.82, 2.24) is 0 Å². The summed E-state index contributed by atoms with van der Waals surface area (Å²) in [4.78, 5) is 0. The van der Waals surface area contributed by atoms with Crippen molar-refractivity contribution in [3.63, 3.8) is 0 Å². The molecule has 0 heterocycles. The van der Waals surface area contributed by atoms with E-state index in [1.165, 1.54) is 0 Å². The van der Waals surface area contributed by atoms with Crippen molar-refractivity contribution in [2.75, 3.05) is 0 Å². The van der Waals surface area contributed by atoms with E-state index >= 15 is 0 Å². The Balaban J connectivity index is 2.35. The number of phenols is 2. The summed E-state index contributed by atoms with van der Waals surface area (Å²) in [7, 11) is 0. The zero-order chi connectivity index (χ0) is 13.1. The summed E-state index contributed by atoms with van der Waals surface area (Å²) in [5.41, 5.74) is 2.73. The van der Waals surface area contributed by atoms with Crippen LogP contribution >= 0.6 is 0 Å². The second-order valence-corrected chi connectivity index (χ2v) is 4.18. The van der Waals surface area contributed by atoms with Gasteiger partial charge in [-0.15, -0.1) is 10.2 Å². The van der Waals surface area contributed by atoms with Crippen molar-refractivity contribution in [2.24, 2.45) is 10.2 Å². The van der Waals surface area contributed by atoms with Gasteiger partial charge in [0, 0.05) is 0 Å². The molecule has 2 rings (SSSR count). The number of aryl methyl sites for hydroxylation is 2. The highest BCUT2D eigenvalue weighted by Gasteiger charge is 2.02. The lowest BCUT2D eigenvalue weighted by atomic mass is 10.2. The molecule has 0 aliphatic rings. The Morgan fingerprint density at radius 1 is 0.722 bits per heavy atom. The van der Waals surface area contributed by atoms with Crippen LogP contribution in [0.5, 0.6) is 11.5 Å². The highest BCUT2D eigenvalue weighted by molar-refractivity contribution is 5.55. The Kier molecular flexibility index (Phi) is 3.28. The summed E-state index contributed by atoms with van der Waals surface area (Å²) in [6.07, 6.45) is 0. The van der Waals surface area contributed by atoms with Crippen molar-refractivity contribution in [2.45, 2.75) is 13.8 Å². The molecule has 0 aliphatic heterocycles. The maximum Gasteiger partial charge on any atom is 0.143 e. The largest absolute Gasteiger partial charge is 0.506 e. The fourth-order valence-corrected chi connectivity index (χ4v) is 1.53. The third-order valence-electron chi connectivity index (χ3n) is 2.53. The molecule has 0 atom stereocenters. The van der Waals surface area contributed by atoms with Crippen molar-refractivity contribution < 1.29 is 10.2 Å². The first kappa shape index (κ1) is 12.1.